The highest BCUT2D eigenvalue weighted by Crippen LogP contribution is 2.57. The minimum Gasteiger partial charge on any atom is -0.390 e. The van der Waals surface area contributed by atoms with Gasteiger partial charge in [-0.25, -0.2) is 0 Å². The smallest absolute Gasteiger partial charge is 0.390 e. The highest BCUT2D eigenvalue weighted by atomic mass is 19.4. The van der Waals surface area contributed by atoms with E-state index in [0.717, 1.165) is 16.7 Å². The Hall–Kier alpha value is -3.23. The summed E-state index contributed by atoms with van der Waals surface area (Å²) in [4.78, 5) is 17.2. The molecule has 0 bridgehead atoms. The van der Waals surface area contributed by atoms with Gasteiger partial charge in [0.05, 0.1) is 17.5 Å². The maximum absolute atomic E-state index is 13.9. The number of nitrogens with one attached hydrogen (secondary N) is 1. The van der Waals surface area contributed by atoms with Crippen LogP contribution in [0.25, 0.3) is 0 Å². The predicted molar refractivity (Wildman–Crippen MR) is 133 cm³/mol. The molecule has 3 N–H and O–H groups in total. The maximum atomic E-state index is 13.9. The number of hydrogen-bond acceptors (Lipinski definition) is 4. The maximum Gasteiger partial charge on any atom is 0.419 e. The van der Waals surface area contributed by atoms with Gasteiger partial charge in [-0.15, -0.1) is 0 Å². The van der Waals surface area contributed by atoms with E-state index in [9.17, 15) is 28.2 Å². The number of carbonyl (C=O) groups excluding carboxylic acids is 1. The number of aliphatic hydroxyl groups is 2. The van der Waals surface area contributed by atoms with E-state index >= 15 is 0 Å². The molecule has 2 aliphatic carbocycles. The number of alkyl halides is 3. The molecule has 1 amide bonds. The molecule has 3 aromatic rings. The summed E-state index contributed by atoms with van der Waals surface area (Å²) in [6.45, 7) is 1.80. The quantitative estimate of drug-likeness (QED) is 0.454. The summed E-state index contributed by atoms with van der Waals surface area (Å²) in [6, 6.07) is 18.3. The minimum atomic E-state index is -4.93. The molecular formula is C29H29F3N2O3. The number of aromatic nitrogens is 1. The summed E-state index contributed by atoms with van der Waals surface area (Å²) in [6.07, 6.45) is -4.72. The molecule has 5 rings (SSSR count). The van der Waals surface area contributed by atoms with Gasteiger partial charge in [0.2, 0.25) is 0 Å². The van der Waals surface area contributed by atoms with Gasteiger partial charge in [-0.3, -0.25) is 9.78 Å². The van der Waals surface area contributed by atoms with Crippen molar-refractivity contribution in [2.75, 3.05) is 5.32 Å². The lowest BCUT2D eigenvalue weighted by molar-refractivity contribution is -0.310. The fraction of sp³-hybridized carbons (Fsp3) is 0.379. The zero-order valence-electron chi connectivity index (χ0n) is 20.4. The highest BCUT2D eigenvalue weighted by Gasteiger charge is 2.65. The average Bonchev–Trinajstić information content (AvgIpc) is 2.86. The van der Waals surface area contributed by atoms with E-state index in [2.05, 4.69) is 10.3 Å². The van der Waals surface area contributed by atoms with E-state index in [1.54, 1.807) is 37.4 Å². The van der Waals surface area contributed by atoms with Gasteiger partial charge < -0.3 is 15.5 Å². The first-order chi connectivity index (χ1) is 17.5. The van der Waals surface area contributed by atoms with Crippen molar-refractivity contribution in [1.82, 2.24) is 4.98 Å². The first-order valence-electron chi connectivity index (χ1n) is 12.4. The van der Waals surface area contributed by atoms with Crippen molar-refractivity contribution in [2.24, 2.45) is 5.92 Å². The van der Waals surface area contributed by atoms with Crippen molar-refractivity contribution in [3.63, 3.8) is 0 Å². The van der Waals surface area contributed by atoms with Crippen molar-refractivity contribution < 1.29 is 28.2 Å². The zero-order valence-corrected chi connectivity index (χ0v) is 20.4. The molecule has 1 fully saturated rings. The van der Waals surface area contributed by atoms with Gasteiger partial charge in [0.15, 0.2) is 5.60 Å². The second kappa shape index (κ2) is 9.26. The number of anilines is 1. The number of pyridine rings is 1. The van der Waals surface area contributed by atoms with Crippen molar-refractivity contribution in [1.29, 1.82) is 0 Å². The summed E-state index contributed by atoms with van der Waals surface area (Å²) in [7, 11) is 0. The normalized spacial score (nSPS) is 27.2. The Balaban J connectivity index is 1.54. The van der Waals surface area contributed by atoms with Crippen molar-refractivity contribution >= 4 is 11.6 Å². The van der Waals surface area contributed by atoms with Crippen molar-refractivity contribution in [3.05, 3.63) is 94.8 Å². The van der Waals surface area contributed by atoms with Crippen LogP contribution in [-0.2, 0) is 18.3 Å². The lowest BCUT2D eigenvalue weighted by Crippen LogP contribution is -2.64. The molecule has 1 unspecified atom stereocenters. The van der Waals surface area contributed by atoms with E-state index in [1.165, 1.54) is 0 Å². The Morgan fingerprint density at radius 1 is 1.11 bits per heavy atom. The third-order valence-electron chi connectivity index (χ3n) is 8.22. The summed E-state index contributed by atoms with van der Waals surface area (Å²) < 4.78 is 41.6. The number of fused-ring (bicyclic) bond motifs is 3. The van der Waals surface area contributed by atoms with E-state index in [0.29, 0.717) is 36.2 Å². The summed E-state index contributed by atoms with van der Waals surface area (Å²) in [5.74, 6) is -0.791. The van der Waals surface area contributed by atoms with Crippen LogP contribution in [0.4, 0.5) is 18.9 Å². The average molecular weight is 511 g/mol. The Morgan fingerprint density at radius 2 is 1.86 bits per heavy atom. The molecule has 4 atom stereocenters. The lowest BCUT2D eigenvalue weighted by atomic mass is 9.51. The Bertz CT molecular complexity index is 1310. The SMILES string of the molecule is Cc1ncccc1NC(=O)c1ccc2c(c1)CCC1C[C@@](O)(C(F)(F)F)[C@H](O)C[C@@]21Cc1ccccc1. The number of nitrogens with zero attached hydrogens (tertiary/aromatic N) is 1. The van der Waals surface area contributed by atoms with Crippen LogP contribution in [0, 0.1) is 12.8 Å². The third-order valence-corrected chi connectivity index (χ3v) is 8.22. The zero-order chi connectivity index (χ0) is 26.4. The molecule has 37 heavy (non-hydrogen) atoms. The van der Waals surface area contributed by atoms with E-state index < -0.39 is 35.6 Å². The van der Waals surface area contributed by atoms with Crippen LogP contribution in [0.15, 0.2) is 66.9 Å². The summed E-state index contributed by atoms with van der Waals surface area (Å²) >= 11 is 0. The molecule has 1 heterocycles. The molecule has 0 saturated heterocycles. The van der Waals surface area contributed by atoms with E-state index in [-0.39, 0.29) is 12.3 Å². The molecule has 1 aromatic heterocycles. The fourth-order valence-electron chi connectivity index (χ4n) is 6.24. The molecule has 0 radical (unpaired) electrons. The Kier molecular flexibility index (Phi) is 6.36. The van der Waals surface area contributed by atoms with Crippen LogP contribution in [0.3, 0.4) is 0 Å². The summed E-state index contributed by atoms with van der Waals surface area (Å²) in [5, 5.41) is 24.2. The monoisotopic (exact) mass is 510 g/mol. The highest BCUT2D eigenvalue weighted by molar-refractivity contribution is 6.04. The third kappa shape index (κ3) is 4.42. The van der Waals surface area contributed by atoms with Gasteiger partial charge in [-0.2, -0.15) is 13.2 Å². The first-order valence-corrected chi connectivity index (χ1v) is 12.4. The van der Waals surface area contributed by atoms with Gasteiger partial charge in [-0.05, 0) is 85.9 Å². The van der Waals surface area contributed by atoms with Gasteiger partial charge in [0, 0.05) is 17.2 Å². The standard InChI is InChI=1S/C29H29F3N2O3/c1-18-24(8-5-13-33-18)34-26(36)21-10-12-23-20(14-21)9-11-22-16-28(37,29(30,31)32)25(35)17-27(22,23)15-19-6-3-2-4-7-19/h2-8,10,12-14,22,25,35,37H,9,11,15-17H2,1H3,(H,34,36)/t22?,25-,27-,28+/m1/s1. The second-order valence-corrected chi connectivity index (χ2v) is 10.4. The Morgan fingerprint density at radius 3 is 2.57 bits per heavy atom. The largest absolute Gasteiger partial charge is 0.419 e. The molecule has 1 saturated carbocycles. The fourth-order valence-corrected chi connectivity index (χ4v) is 6.24. The van der Waals surface area contributed by atoms with Crippen LogP contribution in [0.1, 0.15) is 52.0 Å². The predicted octanol–water partition coefficient (Wildman–Crippen LogP) is 5.13. The molecule has 0 aliphatic heterocycles. The van der Waals surface area contributed by atoms with Gasteiger partial charge >= 0.3 is 6.18 Å². The van der Waals surface area contributed by atoms with Crippen molar-refractivity contribution in [2.45, 2.75) is 62.3 Å². The Labute approximate surface area is 213 Å². The molecule has 194 valence electrons. The van der Waals surface area contributed by atoms with Crippen LogP contribution < -0.4 is 5.32 Å². The molecule has 2 aromatic carbocycles. The molecular weight excluding hydrogens is 481 g/mol. The van der Waals surface area contributed by atoms with Gasteiger partial charge in [0.25, 0.3) is 5.91 Å². The summed E-state index contributed by atoms with van der Waals surface area (Å²) in [5.41, 5.74) is 0.451. The van der Waals surface area contributed by atoms with Crippen LogP contribution in [0.5, 0.6) is 0 Å². The number of halogens is 3. The number of aliphatic hydroxyl groups excluding tert-OH is 1. The molecule has 2 aliphatic rings. The van der Waals surface area contributed by atoms with Crippen LogP contribution in [-0.4, -0.2) is 39.0 Å². The first kappa shape index (κ1) is 25.4. The number of rotatable bonds is 4. The van der Waals surface area contributed by atoms with Crippen molar-refractivity contribution in [3.8, 4) is 0 Å². The minimum absolute atomic E-state index is 0.226. The second-order valence-electron chi connectivity index (χ2n) is 10.4. The molecule has 0 spiro atoms. The van der Waals surface area contributed by atoms with E-state index in [1.807, 2.05) is 36.4 Å². The topological polar surface area (TPSA) is 82.5 Å². The number of benzene rings is 2. The number of aryl methyl sites for hydroxylation is 2. The van der Waals surface area contributed by atoms with Gasteiger partial charge in [0.1, 0.15) is 0 Å². The number of hydrogen-bond donors (Lipinski definition) is 3. The van der Waals surface area contributed by atoms with Gasteiger partial charge in [-0.1, -0.05) is 36.4 Å². The van der Waals surface area contributed by atoms with E-state index in [4.69, 9.17) is 0 Å². The van der Waals surface area contributed by atoms with Crippen LogP contribution in [0.2, 0.25) is 0 Å². The lowest BCUT2D eigenvalue weighted by Gasteiger charge is -2.55. The molecule has 8 heteroatoms. The number of amides is 1. The molecule has 5 nitrogen and oxygen atoms in total. The van der Waals surface area contributed by atoms with Crippen LogP contribution >= 0.6 is 0 Å². The number of carbonyl (C=O) groups is 1.